The quantitative estimate of drug-likeness (QED) is 0.317. The van der Waals surface area contributed by atoms with Crippen molar-refractivity contribution in [1.82, 2.24) is 9.97 Å². The van der Waals surface area contributed by atoms with Crippen LogP contribution in [-0.2, 0) is 0 Å². The Balaban J connectivity index is 1.88. The van der Waals surface area contributed by atoms with Crippen LogP contribution in [0.15, 0.2) is 59.1 Å². The zero-order chi connectivity index (χ0) is 23.5. The second-order valence-corrected chi connectivity index (χ2v) is 8.50. The summed E-state index contributed by atoms with van der Waals surface area (Å²) in [6, 6.07) is 19.2. The molecule has 33 heavy (non-hydrogen) atoms. The average molecular weight is 495 g/mol. The number of nitrogens with zero attached hydrogens (tertiary/aromatic N) is 4. The van der Waals surface area contributed by atoms with Gasteiger partial charge >= 0.3 is 0 Å². The van der Waals surface area contributed by atoms with Crippen LogP contribution in [0.1, 0.15) is 22.3 Å². The minimum absolute atomic E-state index is 0.363. The van der Waals surface area contributed by atoms with E-state index < -0.39 is 0 Å². The highest BCUT2D eigenvalue weighted by Gasteiger charge is 2.16. The van der Waals surface area contributed by atoms with Gasteiger partial charge in [0.05, 0.1) is 23.2 Å². The molecule has 4 aromatic rings. The molecule has 0 saturated heterocycles. The van der Waals surface area contributed by atoms with Crippen LogP contribution in [0.2, 0.25) is 0 Å². The maximum Gasteiger partial charge on any atom is 0.229 e. The number of benzene rings is 3. The summed E-state index contributed by atoms with van der Waals surface area (Å²) in [4.78, 5) is 9.24. The largest absolute Gasteiger partial charge is 0.383 e. The maximum atomic E-state index is 9.01. The number of hydrogen-bond donors (Lipinski definition) is 2. The number of nitrogen functional groups attached to an aromatic ring is 1. The molecule has 6 nitrogen and oxygen atoms in total. The molecule has 0 aliphatic carbocycles. The van der Waals surface area contributed by atoms with Crippen LogP contribution in [0.25, 0.3) is 28.1 Å². The molecule has 4 rings (SSSR count). The third-order valence-electron chi connectivity index (χ3n) is 5.24. The summed E-state index contributed by atoms with van der Waals surface area (Å²) < 4.78 is 0.875. The topological polar surface area (TPSA) is 111 Å². The molecule has 3 aromatic carbocycles. The Morgan fingerprint density at radius 3 is 2.33 bits per heavy atom. The minimum atomic E-state index is 0.363. The zero-order valence-corrected chi connectivity index (χ0v) is 19.6. The summed E-state index contributed by atoms with van der Waals surface area (Å²) in [6.45, 7) is 4.08. The van der Waals surface area contributed by atoms with Crippen LogP contribution < -0.4 is 11.1 Å². The Morgan fingerprint density at radius 2 is 1.70 bits per heavy atom. The number of anilines is 3. The van der Waals surface area contributed by atoms with Crippen molar-refractivity contribution in [2.75, 3.05) is 11.1 Å². The van der Waals surface area contributed by atoms with E-state index in [4.69, 9.17) is 21.2 Å². The van der Waals surface area contributed by atoms with Gasteiger partial charge in [0, 0.05) is 27.2 Å². The number of aryl methyl sites for hydroxylation is 2. The van der Waals surface area contributed by atoms with Crippen molar-refractivity contribution in [3.8, 4) is 23.3 Å². The number of rotatable bonds is 4. The van der Waals surface area contributed by atoms with Crippen molar-refractivity contribution >= 4 is 50.4 Å². The van der Waals surface area contributed by atoms with Crippen LogP contribution >= 0.6 is 15.9 Å². The summed E-state index contributed by atoms with van der Waals surface area (Å²) in [5.74, 6) is 0.736. The van der Waals surface area contributed by atoms with Gasteiger partial charge in [-0.2, -0.15) is 15.5 Å². The predicted molar refractivity (Wildman–Crippen MR) is 136 cm³/mol. The number of nitrogens with two attached hydrogens (primary N) is 1. The third kappa shape index (κ3) is 4.55. The zero-order valence-electron chi connectivity index (χ0n) is 18.0. The summed E-state index contributed by atoms with van der Waals surface area (Å²) >= 11 is 3.60. The van der Waals surface area contributed by atoms with Gasteiger partial charge in [0.2, 0.25) is 5.95 Å². The van der Waals surface area contributed by atoms with Gasteiger partial charge in [-0.05, 0) is 78.6 Å². The molecule has 0 radical (unpaired) electrons. The molecule has 0 aliphatic rings. The molecule has 0 aliphatic heterocycles. The van der Waals surface area contributed by atoms with Crippen molar-refractivity contribution in [2.24, 2.45) is 0 Å². The Labute approximate surface area is 200 Å². The van der Waals surface area contributed by atoms with Crippen molar-refractivity contribution in [1.29, 1.82) is 10.5 Å². The lowest BCUT2D eigenvalue weighted by atomic mass is 9.92. The molecule has 0 spiro atoms. The summed E-state index contributed by atoms with van der Waals surface area (Å²) in [7, 11) is 0. The lowest BCUT2D eigenvalue weighted by Crippen LogP contribution is -2.03. The van der Waals surface area contributed by atoms with E-state index in [1.807, 2.05) is 44.2 Å². The standard InChI is InChI=1S/C26H19BrN6/c1-15-10-18(4-3-9-28)11-16(2)23(15)21-12-19(27)13-22-24(21)32-26(33-25(22)30)31-20-7-5-17(14-29)6-8-20/h3-8,10-13H,1-2H3,(H3,30,31,32,33)/b4-3+. The van der Waals surface area contributed by atoms with E-state index in [0.717, 1.165) is 48.9 Å². The lowest BCUT2D eigenvalue weighted by molar-refractivity contribution is 1.22. The van der Waals surface area contributed by atoms with Gasteiger partial charge in [-0.1, -0.05) is 28.1 Å². The third-order valence-corrected chi connectivity index (χ3v) is 5.70. The molecule has 0 saturated carbocycles. The van der Waals surface area contributed by atoms with E-state index >= 15 is 0 Å². The Kier molecular flexibility index (Phi) is 6.08. The second kappa shape index (κ2) is 9.12. The molecular formula is C26H19BrN6. The van der Waals surface area contributed by atoms with Gasteiger partial charge in [-0.3, -0.25) is 0 Å². The average Bonchev–Trinajstić information content (AvgIpc) is 2.78. The molecule has 0 fully saturated rings. The van der Waals surface area contributed by atoms with Gasteiger partial charge in [-0.25, -0.2) is 4.98 Å². The van der Waals surface area contributed by atoms with Crippen molar-refractivity contribution in [3.05, 3.63) is 81.3 Å². The summed E-state index contributed by atoms with van der Waals surface area (Å²) in [5.41, 5.74) is 13.5. The Bertz CT molecular complexity index is 1470. The molecule has 1 aromatic heterocycles. The Morgan fingerprint density at radius 1 is 1.00 bits per heavy atom. The maximum absolute atomic E-state index is 9.01. The SMILES string of the molecule is Cc1cc(/C=C/C#N)cc(C)c1-c1cc(Br)cc2c(N)nc(Nc3ccc(C#N)cc3)nc12. The van der Waals surface area contributed by atoms with E-state index in [2.05, 4.69) is 32.3 Å². The molecule has 0 bridgehead atoms. The number of fused-ring (bicyclic) bond motifs is 1. The minimum Gasteiger partial charge on any atom is -0.383 e. The molecule has 0 unspecified atom stereocenters. The number of allylic oxidation sites excluding steroid dienone is 1. The highest BCUT2D eigenvalue weighted by molar-refractivity contribution is 9.10. The fourth-order valence-corrected chi connectivity index (χ4v) is 4.33. The number of halogens is 1. The van der Waals surface area contributed by atoms with Crippen molar-refractivity contribution < 1.29 is 0 Å². The first kappa shape index (κ1) is 22.0. The molecule has 1 heterocycles. The molecule has 160 valence electrons. The van der Waals surface area contributed by atoms with E-state index in [-0.39, 0.29) is 0 Å². The first-order chi connectivity index (χ1) is 15.9. The first-order valence-electron chi connectivity index (χ1n) is 10.1. The van der Waals surface area contributed by atoms with Gasteiger partial charge in [0.15, 0.2) is 0 Å². The number of nitriles is 2. The highest BCUT2D eigenvalue weighted by atomic mass is 79.9. The smallest absolute Gasteiger partial charge is 0.229 e. The van der Waals surface area contributed by atoms with E-state index in [9.17, 15) is 0 Å². The van der Waals surface area contributed by atoms with Gasteiger partial charge in [0.25, 0.3) is 0 Å². The van der Waals surface area contributed by atoms with Crippen LogP contribution in [0.3, 0.4) is 0 Å². The second-order valence-electron chi connectivity index (χ2n) is 7.59. The molecule has 0 atom stereocenters. The van der Waals surface area contributed by atoms with Gasteiger partial charge < -0.3 is 11.1 Å². The van der Waals surface area contributed by atoms with Crippen molar-refractivity contribution in [3.63, 3.8) is 0 Å². The fourth-order valence-electron chi connectivity index (χ4n) is 3.88. The summed E-state index contributed by atoms with van der Waals surface area (Å²) in [6.07, 6.45) is 3.26. The van der Waals surface area contributed by atoms with Crippen LogP contribution in [0.4, 0.5) is 17.5 Å². The molecule has 7 heteroatoms. The van der Waals surface area contributed by atoms with Crippen LogP contribution in [-0.4, -0.2) is 9.97 Å². The van der Waals surface area contributed by atoms with E-state index in [0.29, 0.717) is 17.3 Å². The number of aromatic nitrogens is 2. The molecule has 0 amide bonds. The van der Waals surface area contributed by atoms with Crippen molar-refractivity contribution in [2.45, 2.75) is 13.8 Å². The van der Waals surface area contributed by atoms with Crippen LogP contribution in [0, 0.1) is 36.5 Å². The lowest BCUT2D eigenvalue weighted by Gasteiger charge is -2.16. The predicted octanol–water partition coefficient (Wildman–Crippen LogP) is 6.41. The molecule has 3 N–H and O–H groups in total. The fraction of sp³-hybridized carbons (Fsp3) is 0.0769. The summed E-state index contributed by atoms with van der Waals surface area (Å²) in [5, 5.41) is 21.8. The molecular weight excluding hydrogens is 476 g/mol. The highest BCUT2D eigenvalue weighted by Crippen LogP contribution is 2.37. The van der Waals surface area contributed by atoms with E-state index in [1.165, 1.54) is 6.08 Å². The van der Waals surface area contributed by atoms with Crippen LogP contribution in [0.5, 0.6) is 0 Å². The first-order valence-corrected chi connectivity index (χ1v) is 10.9. The monoisotopic (exact) mass is 494 g/mol. The number of nitrogens with one attached hydrogen (secondary N) is 1. The van der Waals surface area contributed by atoms with Gasteiger partial charge in [0.1, 0.15) is 5.82 Å². The normalized spacial score (nSPS) is 10.8. The van der Waals surface area contributed by atoms with Gasteiger partial charge in [-0.15, -0.1) is 0 Å². The Hall–Kier alpha value is -4.20. The van der Waals surface area contributed by atoms with E-state index in [1.54, 1.807) is 30.3 Å². The number of hydrogen-bond acceptors (Lipinski definition) is 6.